The summed E-state index contributed by atoms with van der Waals surface area (Å²) in [7, 11) is 0. The summed E-state index contributed by atoms with van der Waals surface area (Å²) >= 11 is 0. The van der Waals surface area contributed by atoms with Crippen molar-refractivity contribution in [1.82, 2.24) is 19.5 Å². The SMILES string of the molecule is CCc1ccc(Nc2ncnc3c2ncn3C2O[C@H](CO)[C@@H](O)[C@H]2O)cc1. The lowest BCUT2D eigenvalue weighted by Gasteiger charge is -2.16. The third kappa shape index (κ3) is 3.15. The molecule has 142 valence electrons. The van der Waals surface area contributed by atoms with E-state index in [1.54, 1.807) is 0 Å². The van der Waals surface area contributed by atoms with Gasteiger partial charge in [-0.05, 0) is 24.1 Å². The van der Waals surface area contributed by atoms with Crippen LogP contribution >= 0.6 is 0 Å². The number of aliphatic hydroxyl groups is 3. The van der Waals surface area contributed by atoms with Gasteiger partial charge in [-0.2, -0.15) is 0 Å². The minimum Gasteiger partial charge on any atom is -0.394 e. The normalized spacial score (nSPS) is 25.2. The van der Waals surface area contributed by atoms with Gasteiger partial charge in [0.15, 0.2) is 23.2 Å². The number of fused-ring (bicyclic) bond motifs is 1. The maximum Gasteiger partial charge on any atom is 0.167 e. The van der Waals surface area contributed by atoms with E-state index in [1.807, 2.05) is 24.3 Å². The first-order chi connectivity index (χ1) is 13.1. The van der Waals surface area contributed by atoms with E-state index in [0.29, 0.717) is 17.0 Å². The number of imidazole rings is 1. The summed E-state index contributed by atoms with van der Waals surface area (Å²) in [5.41, 5.74) is 3.07. The number of aryl methyl sites for hydroxylation is 1. The van der Waals surface area contributed by atoms with Crippen molar-refractivity contribution >= 4 is 22.7 Å². The second-order valence-corrected chi connectivity index (χ2v) is 6.45. The molecule has 9 heteroatoms. The second-order valence-electron chi connectivity index (χ2n) is 6.45. The predicted octanol–water partition coefficient (Wildman–Crippen LogP) is 0.744. The van der Waals surface area contributed by atoms with Gasteiger partial charge in [0, 0.05) is 5.69 Å². The van der Waals surface area contributed by atoms with E-state index < -0.39 is 31.1 Å². The molecule has 9 nitrogen and oxygen atoms in total. The fraction of sp³-hybridized carbons (Fsp3) is 0.389. The van der Waals surface area contributed by atoms with Gasteiger partial charge in [0.1, 0.15) is 24.6 Å². The number of nitrogens with zero attached hydrogens (tertiary/aromatic N) is 4. The highest BCUT2D eigenvalue weighted by atomic mass is 16.6. The quantitative estimate of drug-likeness (QED) is 0.518. The number of rotatable bonds is 5. The molecule has 3 heterocycles. The van der Waals surface area contributed by atoms with Gasteiger partial charge < -0.3 is 25.4 Å². The molecule has 1 saturated heterocycles. The van der Waals surface area contributed by atoms with Crippen molar-refractivity contribution in [2.24, 2.45) is 0 Å². The number of hydrogen-bond acceptors (Lipinski definition) is 8. The number of aromatic nitrogens is 4. The minimum absolute atomic E-state index is 0.392. The molecule has 1 fully saturated rings. The monoisotopic (exact) mass is 371 g/mol. The van der Waals surface area contributed by atoms with Gasteiger partial charge in [0.2, 0.25) is 0 Å². The first-order valence-corrected chi connectivity index (χ1v) is 8.78. The van der Waals surface area contributed by atoms with Crippen LogP contribution in [0.1, 0.15) is 18.7 Å². The number of anilines is 2. The summed E-state index contributed by atoms with van der Waals surface area (Å²) in [4.78, 5) is 12.8. The molecule has 1 aliphatic rings. The van der Waals surface area contributed by atoms with Gasteiger partial charge in [0.05, 0.1) is 12.9 Å². The molecule has 1 unspecified atom stereocenters. The molecule has 0 saturated carbocycles. The Hall–Kier alpha value is -2.59. The Kier molecular flexibility index (Phi) is 4.75. The zero-order valence-corrected chi connectivity index (χ0v) is 14.7. The van der Waals surface area contributed by atoms with Crippen LogP contribution in [0.15, 0.2) is 36.9 Å². The van der Waals surface area contributed by atoms with Crippen molar-refractivity contribution in [3.8, 4) is 0 Å². The number of nitrogens with one attached hydrogen (secondary N) is 1. The van der Waals surface area contributed by atoms with Crippen LogP contribution in [0, 0.1) is 0 Å². The number of hydrogen-bond donors (Lipinski definition) is 4. The van der Waals surface area contributed by atoms with Crippen LogP contribution in [0.2, 0.25) is 0 Å². The van der Waals surface area contributed by atoms with Gasteiger partial charge in [-0.25, -0.2) is 15.0 Å². The minimum atomic E-state index is -1.20. The molecule has 1 aromatic carbocycles. The Bertz CT molecular complexity index is 929. The van der Waals surface area contributed by atoms with Crippen LogP contribution < -0.4 is 5.32 Å². The van der Waals surface area contributed by atoms with Gasteiger partial charge >= 0.3 is 0 Å². The maximum absolute atomic E-state index is 10.3. The zero-order chi connectivity index (χ0) is 19.0. The average molecular weight is 371 g/mol. The molecule has 0 radical (unpaired) electrons. The van der Waals surface area contributed by atoms with Crippen LogP contribution in [0.5, 0.6) is 0 Å². The Morgan fingerprint density at radius 3 is 2.56 bits per heavy atom. The lowest BCUT2D eigenvalue weighted by molar-refractivity contribution is -0.0511. The molecule has 2 aromatic heterocycles. The Labute approximate surface area is 155 Å². The van der Waals surface area contributed by atoms with Crippen LogP contribution in [0.3, 0.4) is 0 Å². The van der Waals surface area contributed by atoms with Gasteiger partial charge in [-0.15, -0.1) is 0 Å². The van der Waals surface area contributed by atoms with Crippen LogP contribution in [-0.2, 0) is 11.2 Å². The van der Waals surface area contributed by atoms with Gasteiger partial charge in [-0.1, -0.05) is 19.1 Å². The topological polar surface area (TPSA) is 126 Å². The summed E-state index contributed by atoms with van der Waals surface area (Å²) < 4.78 is 7.10. The molecule has 3 aromatic rings. The zero-order valence-electron chi connectivity index (χ0n) is 14.7. The van der Waals surface area contributed by atoms with Crippen molar-refractivity contribution < 1.29 is 20.1 Å². The van der Waals surface area contributed by atoms with Crippen LogP contribution in [-0.4, -0.2) is 59.8 Å². The van der Waals surface area contributed by atoms with E-state index in [2.05, 4.69) is 27.2 Å². The average Bonchev–Trinajstić information content (AvgIpc) is 3.25. The molecule has 0 aliphatic carbocycles. The third-order valence-electron chi connectivity index (χ3n) is 4.78. The maximum atomic E-state index is 10.3. The molecule has 0 bridgehead atoms. The summed E-state index contributed by atoms with van der Waals surface area (Å²) in [6.07, 6.45) is -0.309. The molecule has 4 atom stereocenters. The molecule has 0 amide bonds. The van der Waals surface area contributed by atoms with E-state index in [9.17, 15) is 15.3 Å². The van der Waals surface area contributed by atoms with Crippen molar-refractivity contribution in [3.63, 3.8) is 0 Å². The lowest BCUT2D eigenvalue weighted by Crippen LogP contribution is -2.33. The highest BCUT2D eigenvalue weighted by molar-refractivity contribution is 5.85. The van der Waals surface area contributed by atoms with Gasteiger partial charge in [-0.3, -0.25) is 4.57 Å². The van der Waals surface area contributed by atoms with E-state index in [0.717, 1.165) is 12.1 Å². The molecule has 4 N–H and O–H groups in total. The molecule has 0 spiro atoms. The summed E-state index contributed by atoms with van der Waals surface area (Å²) in [6, 6.07) is 8.02. The molecule has 4 rings (SSSR count). The van der Waals surface area contributed by atoms with Crippen molar-refractivity contribution in [2.45, 2.75) is 37.9 Å². The third-order valence-corrected chi connectivity index (χ3v) is 4.78. The highest BCUT2D eigenvalue weighted by Crippen LogP contribution is 2.32. The van der Waals surface area contributed by atoms with E-state index in [1.165, 1.54) is 22.8 Å². The highest BCUT2D eigenvalue weighted by Gasteiger charge is 2.44. The molecular weight excluding hydrogens is 350 g/mol. The number of benzene rings is 1. The summed E-state index contributed by atoms with van der Waals surface area (Å²) in [6.45, 7) is 1.71. The van der Waals surface area contributed by atoms with Crippen LogP contribution in [0.4, 0.5) is 11.5 Å². The lowest BCUT2D eigenvalue weighted by atomic mass is 10.1. The Morgan fingerprint density at radius 1 is 1.11 bits per heavy atom. The van der Waals surface area contributed by atoms with Gasteiger partial charge in [0.25, 0.3) is 0 Å². The second kappa shape index (κ2) is 7.20. The first kappa shape index (κ1) is 17.8. The largest absolute Gasteiger partial charge is 0.394 e. The molecular formula is C18H21N5O4. The summed E-state index contributed by atoms with van der Waals surface area (Å²) in [5.74, 6) is 0.523. The van der Waals surface area contributed by atoms with Crippen molar-refractivity contribution in [3.05, 3.63) is 42.5 Å². The summed E-state index contributed by atoms with van der Waals surface area (Å²) in [5, 5.41) is 32.7. The smallest absolute Gasteiger partial charge is 0.167 e. The first-order valence-electron chi connectivity index (χ1n) is 8.78. The van der Waals surface area contributed by atoms with Crippen molar-refractivity contribution in [1.29, 1.82) is 0 Å². The van der Waals surface area contributed by atoms with E-state index >= 15 is 0 Å². The van der Waals surface area contributed by atoms with E-state index in [4.69, 9.17) is 4.74 Å². The molecule has 27 heavy (non-hydrogen) atoms. The number of ether oxygens (including phenoxy) is 1. The fourth-order valence-electron chi connectivity index (χ4n) is 3.20. The predicted molar refractivity (Wildman–Crippen MR) is 97.4 cm³/mol. The Balaban J connectivity index is 1.65. The molecule has 1 aliphatic heterocycles. The van der Waals surface area contributed by atoms with E-state index in [-0.39, 0.29) is 0 Å². The standard InChI is InChI=1S/C18H21N5O4/c1-2-10-3-5-11(6-4-10)22-16-13-17(20-8-19-16)23(9-21-13)18-15(26)14(25)12(7-24)27-18/h3-6,8-9,12,14-15,18,24-26H,2,7H2,1H3,(H,19,20,22)/t12-,14-,15-,18?/m1/s1. The number of aliphatic hydroxyl groups excluding tert-OH is 3. The Morgan fingerprint density at radius 2 is 1.89 bits per heavy atom. The van der Waals surface area contributed by atoms with Crippen LogP contribution in [0.25, 0.3) is 11.2 Å². The van der Waals surface area contributed by atoms with Crippen molar-refractivity contribution in [2.75, 3.05) is 11.9 Å². The fourth-order valence-corrected chi connectivity index (χ4v) is 3.20.